The van der Waals surface area contributed by atoms with E-state index in [0.717, 1.165) is 24.0 Å². The molecule has 1 aromatic rings. The van der Waals surface area contributed by atoms with Crippen molar-refractivity contribution in [3.63, 3.8) is 0 Å². The van der Waals surface area contributed by atoms with E-state index in [2.05, 4.69) is 31.3 Å². The predicted octanol–water partition coefficient (Wildman–Crippen LogP) is 4.55. The van der Waals surface area contributed by atoms with Gasteiger partial charge in [-0.2, -0.15) is 0 Å². The summed E-state index contributed by atoms with van der Waals surface area (Å²) in [4.78, 5) is 0. The molecule has 0 amide bonds. The van der Waals surface area contributed by atoms with Gasteiger partial charge in [-0.3, -0.25) is 0 Å². The van der Waals surface area contributed by atoms with E-state index in [0.29, 0.717) is 22.1 Å². The number of rotatable bonds is 6. The van der Waals surface area contributed by atoms with Crippen molar-refractivity contribution in [2.75, 3.05) is 21.3 Å². The zero-order chi connectivity index (χ0) is 18.6. The summed E-state index contributed by atoms with van der Waals surface area (Å²) in [5, 5.41) is 3.98. The van der Waals surface area contributed by atoms with Crippen LogP contribution in [0.2, 0.25) is 0 Å². The highest BCUT2D eigenvalue weighted by Gasteiger charge is 2.59. The van der Waals surface area contributed by atoms with Gasteiger partial charge in [-0.15, -0.1) is 0 Å². The first kappa shape index (κ1) is 18.0. The molecule has 4 atom stereocenters. The fourth-order valence-electron chi connectivity index (χ4n) is 7.17. The lowest BCUT2D eigenvalue weighted by Crippen LogP contribution is -2.63. The molecule has 0 spiro atoms. The average Bonchev–Trinajstić information content (AvgIpc) is 2.55. The molecule has 0 heterocycles. The quantitative estimate of drug-likeness (QED) is 0.809. The van der Waals surface area contributed by atoms with Crippen LogP contribution < -0.4 is 19.5 Å². The SMILES string of the molecule is COc1cc(CNC23CC4C[C@@](C)(C2)C[C@](C)(C4)C3)cc(OC)c1OC. The predicted molar refractivity (Wildman–Crippen MR) is 103 cm³/mol. The summed E-state index contributed by atoms with van der Waals surface area (Å²) >= 11 is 0. The van der Waals surface area contributed by atoms with Crippen molar-refractivity contribution in [3.05, 3.63) is 17.7 Å². The van der Waals surface area contributed by atoms with Crippen LogP contribution >= 0.6 is 0 Å². The van der Waals surface area contributed by atoms with Crippen LogP contribution in [-0.2, 0) is 6.54 Å². The number of methoxy groups -OCH3 is 3. The molecular formula is C22H33NO3. The van der Waals surface area contributed by atoms with Crippen LogP contribution in [-0.4, -0.2) is 26.9 Å². The molecule has 2 unspecified atom stereocenters. The number of hydrogen-bond acceptors (Lipinski definition) is 4. The highest BCUT2D eigenvalue weighted by molar-refractivity contribution is 5.53. The van der Waals surface area contributed by atoms with Gasteiger partial charge < -0.3 is 19.5 Å². The first-order valence-electron chi connectivity index (χ1n) is 9.86. The van der Waals surface area contributed by atoms with E-state index < -0.39 is 0 Å². The van der Waals surface area contributed by atoms with E-state index in [-0.39, 0.29) is 0 Å². The Morgan fingerprint density at radius 1 is 0.885 bits per heavy atom. The number of hydrogen-bond donors (Lipinski definition) is 1. The van der Waals surface area contributed by atoms with Gasteiger partial charge in [0, 0.05) is 12.1 Å². The van der Waals surface area contributed by atoms with E-state index in [1.165, 1.54) is 44.1 Å². The summed E-state index contributed by atoms with van der Waals surface area (Å²) < 4.78 is 16.5. The molecule has 144 valence electrons. The van der Waals surface area contributed by atoms with E-state index in [1.807, 2.05) is 0 Å². The van der Waals surface area contributed by atoms with E-state index in [1.54, 1.807) is 21.3 Å². The van der Waals surface area contributed by atoms with Crippen LogP contribution in [0.3, 0.4) is 0 Å². The fourth-order valence-corrected chi connectivity index (χ4v) is 7.17. The van der Waals surface area contributed by atoms with Crippen molar-refractivity contribution in [1.82, 2.24) is 5.32 Å². The van der Waals surface area contributed by atoms with Gasteiger partial charge in [-0.25, -0.2) is 0 Å². The van der Waals surface area contributed by atoms with Crippen molar-refractivity contribution in [3.8, 4) is 17.2 Å². The van der Waals surface area contributed by atoms with Gasteiger partial charge >= 0.3 is 0 Å². The highest BCUT2D eigenvalue weighted by atomic mass is 16.5. The third-order valence-electron chi connectivity index (χ3n) is 7.02. The standard InChI is InChI=1S/C22H33NO3/c1-20-8-16-9-21(2,12-20)14-22(10-16,13-20)23-11-15-6-17(24-3)19(26-5)18(7-15)25-4/h6-7,16,23H,8-14H2,1-5H3/t16?,20-,21+,22?. The van der Waals surface area contributed by atoms with Gasteiger partial charge in [0.15, 0.2) is 11.5 Å². The average molecular weight is 360 g/mol. The zero-order valence-electron chi connectivity index (χ0n) is 16.9. The molecule has 4 saturated carbocycles. The Morgan fingerprint density at radius 2 is 1.46 bits per heavy atom. The maximum absolute atomic E-state index is 5.51. The van der Waals surface area contributed by atoms with Crippen LogP contribution in [0, 0.1) is 16.7 Å². The minimum atomic E-state index is 0.295. The minimum absolute atomic E-state index is 0.295. The van der Waals surface area contributed by atoms with Crippen molar-refractivity contribution in [2.24, 2.45) is 16.7 Å². The summed E-state index contributed by atoms with van der Waals surface area (Å²) in [5.74, 6) is 3.02. The Labute approximate surface area is 157 Å². The smallest absolute Gasteiger partial charge is 0.203 e. The number of nitrogens with one attached hydrogen (secondary N) is 1. The Bertz CT molecular complexity index is 658. The molecule has 0 radical (unpaired) electrons. The molecule has 4 aliphatic rings. The van der Waals surface area contributed by atoms with Crippen LogP contribution in [0.25, 0.3) is 0 Å². The lowest BCUT2D eigenvalue weighted by Gasteiger charge is -2.65. The summed E-state index contributed by atoms with van der Waals surface area (Å²) in [5.41, 5.74) is 2.53. The van der Waals surface area contributed by atoms with E-state index >= 15 is 0 Å². The van der Waals surface area contributed by atoms with E-state index in [4.69, 9.17) is 14.2 Å². The summed E-state index contributed by atoms with van der Waals surface area (Å²) in [6, 6.07) is 4.14. The third-order valence-corrected chi connectivity index (χ3v) is 7.02. The number of ether oxygens (including phenoxy) is 3. The van der Waals surface area contributed by atoms with Gasteiger partial charge in [-0.1, -0.05) is 13.8 Å². The second kappa shape index (κ2) is 6.05. The highest BCUT2D eigenvalue weighted by Crippen LogP contribution is 2.66. The Morgan fingerprint density at radius 3 is 1.92 bits per heavy atom. The Balaban J connectivity index is 1.56. The molecule has 1 aromatic carbocycles. The first-order chi connectivity index (χ1) is 12.3. The maximum Gasteiger partial charge on any atom is 0.203 e. The molecule has 0 aliphatic heterocycles. The summed E-state index contributed by atoms with van der Waals surface area (Å²) in [6.45, 7) is 5.88. The van der Waals surface area contributed by atoms with Gasteiger partial charge in [0.05, 0.1) is 21.3 Å². The third kappa shape index (κ3) is 2.96. The van der Waals surface area contributed by atoms with Crippen molar-refractivity contribution in [2.45, 2.75) is 64.5 Å². The molecule has 5 rings (SSSR count). The van der Waals surface area contributed by atoms with Gasteiger partial charge in [0.25, 0.3) is 0 Å². The molecule has 1 N–H and O–H groups in total. The largest absolute Gasteiger partial charge is 0.493 e. The molecule has 0 saturated heterocycles. The molecule has 4 bridgehead atoms. The van der Waals surface area contributed by atoms with Crippen molar-refractivity contribution < 1.29 is 14.2 Å². The summed E-state index contributed by atoms with van der Waals surface area (Å²) in [7, 11) is 5.00. The maximum atomic E-state index is 5.51. The Kier molecular flexibility index (Phi) is 4.18. The fraction of sp³-hybridized carbons (Fsp3) is 0.727. The van der Waals surface area contributed by atoms with E-state index in [9.17, 15) is 0 Å². The monoisotopic (exact) mass is 359 g/mol. The van der Waals surface area contributed by atoms with Gasteiger partial charge in [0.1, 0.15) is 0 Å². The molecule has 4 aliphatic carbocycles. The van der Waals surface area contributed by atoms with Crippen molar-refractivity contribution in [1.29, 1.82) is 0 Å². The number of benzene rings is 1. The van der Waals surface area contributed by atoms with Crippen LogP contribution in [0.15, 0.2) is 12.1 Å². The second-order valence-electron chi connectivity index (χ2n) is 9.80. The van der Waals surface area contributed by atoms with Crippen molar-refractivity contribution >= 4 is 0 Å². The Hall–Kier alpha value is -1.42. The normalized spacial score (nSPS) is 37.7. The topological polar surface area (TPSA) is 39.7 Å². The lowest BCUT2D eigenvalue weighted by atomic mass is 9.43. The minimum Gasteiger partial charge on any atom is -0.493 e. The van der Waals surface area contributed by atoms with Crippen LogP contribution in [0.4, 0.5) is 0 Å². The van der Waals surface area contributed by atoms with Gasteiger partial charge in [-0.05, 0) is 73.0 Å². The second-order valence-corrected chi connectivity index (χ2v) is 9.80. The summed E-state index contributed by atoms with van der Waals surface area (Å²) in [6.07, 6.45) is 8.23. The molecule has 4 heteroatoms. The zero-order valence-corrected chi connectivity index (χ0v) is 16.9. The molecule has 4 fully saturated rings. The molecule has 0 aromatic heterocycles. The van der Waals surface area contributed by atoms with Crippen LogP contribution in [0.1, 0.15) is 57.9 Å². The lowest BCUT2D eigenvalue weighted by molar-refractivity contribution is -0.118. The van der Waals surface area contributed by atoms with Crippen LogP contribution in [0.5, 0.6) is 17.2 Å². The molecular weight excluding hydrogens is 326 g/mol. The van der Waals surface area contributed by atoms with Gasteiger partial charge in [0.2, 0.25) is 5.75 Å². The first-order valence-corrected chi connectivity index (χ1v) is 9.86. The molecule has 4 nitrogen and oxygen atoms in total. The molecule has 26 heavy (non-hydrogen) atoms.